The number of hydrogen-bond acceptors (Lipinski definition) is 7. The zero-order valence-corrected chi connectivity index (χ0v) is 17.8. The molecule has 4 heterocycles. The largest absolute Gasteiger partial charge is 0.481 e. The summed E-state index contributed by atoms with van der Waals surface area (Å²) in [5.74, 6) is 0.164. The molecule has 1 aromatic rings. The summed E-state index contributed by atoms with van der Waals surface area (Å²) in [5.41, 5.74) is 0.449. The number of carbonyl (C=O) groups is 3. The van der Waals surface area contributed by atoms with Crippen LogP contribution in [0, 0.1) is 5.92 Å². The average molecular weight is 431 g/mol. The lowest BCUT2D eigenvalue weighted by molar-refractivity contribution is -0.138. The fraction of sp³-hybridized carbons (Fsp3) is 0.636. The first kappa shape index (κ1) is 21.5. The molecule has 168 valence electrons. The zero-order chi connectivity index (χ0) is 21.8. The lowest BCUT2D eigenvalue weighted by atomic mass is 9.93. The van der Waals surface area contributed by atoms with Crippen LogP contribution in [0.5, 0.6) is 5.88 Å². The van der Waals surface area contributed by atoms with Gasteiger partial charge >= 0.3 is 5.97 Å². The van der Waals surface area contributed by atoms with E-state index in [4.69, 9.17) is 14.2 Å². The van der Waals surface area contributed by atoms with Crippen LogP contribution in [0.1, 0.15) is 37.8 Å². The normalized spacial score (nSPS) is 27.5. The second kappa shape index (κ2) is 9.21. The van der Waals surface area contributed by atoms with E-state index in [2.05, 4.69) is 10.3 Å². The summed E-state index contributed by atoms with van der Waals surface area (Å²) in [6.45, 7) is 1.88. The Morgan fingerprint density at radius 2 is 2.26 bits per heavy atom. The topological polar surface area (TPSA) is 107 Å². The number of amides is 2. The van der Waals surface area contributed by atoms with Crippen LogP contribution in [0.15, 0.2) is 18.2 Å². The molecule has 0 aromatic carbocycles. The monoisotopic (exact) mass is 431 g/mol. The number of aromatic nitrogens is 1. The number of esters is 1. The number of methoxy groups -OCH3 is 1. The van der Waals surface area contributed by atoms with Gasteiger partial charge in [-0.05, 0) is 25.3 Å². The first-order chi connectivity index (χ1) is 15.0. The fourth-order valence-corrected chi connectivity index (χ4v) is 4.81. The SMILES string of the molecule is COc1cccc(CCC(=O)N2CC(NC(=O)CC3COC(=O)C3)CC23CCOC3)n1. The van der Waals surface area contributed by atoms with Crippen molar-refractivity contribution in [3.8, 4) is 5.88 Å². The Balaban J connectivity index is 1.35. The molecule has 0 saturated carbocycles. The van der Waals surface area contributed by atoms with E-state index in [1.807, 2.05) is 17.0 Å². The molecule has 3 saturated heterocycles. The smallest absolute Gasteiger partial charge is 0.306 e. The van der Waals surface area contributed by atoms with Gasteiger partial charge in [0.2, 0.25) is 17.7 Å². The van der Waals surface area contributed by atoms with Crippen molar-refractivity contribution in [3.63, 3.8) is 0 Å². The number of rotatable bonds is 7. The molecule has 0 bridgehead atoms. The first-order valence-corrected chi connectivity index (χ1v) is 10.8. The van der Waals surface area contributed by atoms with E-state index in [-0.39, 0.29) is 41.7 Å². The molecule has 3 fully saturated rings. The predicted octanol–water partition coefficient (Wildman–Crippen LogP) is 0.852. The Kier molecular flexibility index (Phi) is 6.41. The number of cyclic esters (lactones) is 1. The third kappa shape index (κ3) is 4.98. The summed E-state index contributed by atoms with van der Waals surface area (Å²) in [4.78, 5) is 43.1. The summed E-state index contributed by atoms with van der Waals surface area (Å²) in [6.07, 6.45) is 2.87. The molecule has 3 unspecified atom stereocenters. The van der Waals surface area contributed by atoms with Crippen molar-refractivity contribution < 1.29 is 28.6 Å². The minimum Gasteiger partial charge on any atom is -0.481 e. The Bertz CT molecular complexity index is 838. The van der Waals surface area contributed by atoms with Gasteiger partial charge in [0.25, 0.3) is 0 Å². The molecule has 9 heteroatoms. The number of carbonyl (C=O) groups excluding carboxylic acids is 3. The molecule has 1 aromatic heterocycles. The molecule has 4 rings (SSSR count). The number of hydrogen-bond donors (Lipinski definition) is 1. The zero-order valence-electron chi connectivity index (χ0n) is 17.8. The van der Waals surface area contributed by atoms with Crippen LogP contribution in [-0.4, -0.2) is 72.7 Å². The van der Waals surface area contributed by atoms with Crippen molar-refractivity contribution in [2.45, 2.75) is 50.1 Å². The van der Waals surface area contributed by atoms with Crippen molar-refractivity contribution >= 4 is 17.8 Å². The van der Waals surface area contributed by atoms with Gasteiger partial charge < -0.3 is 24.4 Å². The quantitative estimate of drug-likeness (QED) is 0.638. The number of nitrogens with zero attached hydrogens (tertiary/aromatic N) is 2. The maximum atomic E-state index is 13.1. The van der Waals surface area contributed by atoms with Gasteiger partial charge in [-0.1, -0.05) is 6.07 Å². The highest BCUT2D eigenvalue weighted by Crippen LogP contribution is 2.37. The van der Waals surface area contributed by atoms with Crippen molar-refractivity contribution in [2.24, 2.45) is 5.92 Å². The average Bonchev–Trinajstić information content (AvgIpc) is 3.48. The lowest BCUT2D eigenvalue weighted by Crippen LogP contribution is -2.48. The Morgan fingerprint density at radius 3 is 2.97 bits per heavy atom. The summed E-state index contributed by atoms with van der Waals surface area (Å²) in [6, 6.07) is 5.40. The van der Waals surface area contributed by atoms with Crippen molar-refractivity contribution in [3.05, 3.63) is 23.9 Å². The highest BCUT2D eigenvalue weighted by molar-refractivity contribution is 5.80. The molecule has 1 N–H and O–H groups in total. The van der Waals surface area contributed by atoms with Gasteiger partial charge in [0.05, 0.1) is 32.3 Å². The fourth-order valence-electron chi connectivity index (χ4n) is 4.81. The number of likely N-dealkylation sites (tertiary alicyclic amines) is 1. The van der Waals surface area contributed by atoms with E-state index in [0.29, 0.717) is 57.9 Å². The minimum absolute atomic E-state index is 0.0432. The highest BCUT2D eigenvalue weighted by atomic mass is 16.5. The highest BCUT2D eigenvalue weighted by Gasteiger charge is 2.50. The summed E-state index contributed by atoms with van der Waals surface area (Å²) < 4.78 is 15.7. The van der Waals surface area contributed by atoms with Gasteiger partial charge in [0, 0.05) is 49.7 Å². The summed E-state index contributed by atoms with van der Waals surface area (Å²) in [7, 11) is 1.57. The standard InChI is InChI=1S/C22H29N3O6/c1-29-19-4-2-3-16(24-19)5-6-20(27)25-12-17(11-22(25)7-8-30-14-22)23-18(26)9-15-10-21(28)31-13-15/h2-4,15,17H,5-14H2,1H3,(H,23,26). The van der Waals surface area contributed by atoms with Crippen LogP contribution < -0.4 is 10.1 Å². The van der Waals surface area contributed by atoms with E-state index < -0.39 is 0 Å². The van der Waals surface area contributed by atoms with Gasteiger partial charge in [-0.15, -0.1) is 0 Å². The van der Waals surface area contributed by atoms with Crippen LogP contribution in [0.3, 0.4) is 0 Å². The number of ether oxygens (including phenoxy) is 3. The molecule has 3 aliphatic heterocycles. The van der Waals surface area contributed by atoms with E-state index >= 15 is 0 Å². The van der Waals surface area contributed by atoms with Crippen LogP contribution in [-0.2, 0) is 30.3 Å². The van der Waals surface area contributed by atoms with Gasteiger partial charge in [0.15, 0.2) is 0 Å². The molecule has 1 spiro atoms. The van der Waals surface area contributed by atoms with Crippen LogP contribution >= 0.6 is 0 Å². The molecular formula is C22H29N3O6. The van der Waals surface area contributed by atoms with E-state index in [9.17, 15) is 14.4 Å². The van der Waals surface area contributed by atoms with E-state index in [1.54, 1.807) is 13.2 Å². The maximum Gasteiger partial charge on any atom is 0.306 e. The maximum absolute atomic E-state index is 13.1. The van der Waals surface area contributed by atoms with Crippen LogP contribution in [0.2, 0.25) is 0 Å². The Labute approximate surface area is 181 Å². The van der Waals surface area contributed by atoms with Gasteiger partial charge in [-0.25, -0.2) is 4.98 Å². The van der Waals surface area contributed by atoms with E-state index in [0.717, 1.165) is 12.1 Å². The van der Waals surface area contributed by atoms with Gasteiger partial charge in [-0.2, -0.15) is 0 Å². The third-order valence-corrected chi connectivity index (χ3v) is 6.35. The summed E-state index contributed by atoms with van der Waals surface area (Å²) in [5, 5.41) is 3.06. The van der Waals surface area contributed by atoms with Crippen molar-refractivity contribution in [2.75, 3.05) is 33.5 Å². The second-order valence-corrected chi connectivity index (χ2v) is 8.63. The molecule has 0 aliphatic carbocycles. The lowest BCUT2D eigenvalue weighted by Gasteiger charge is -2.33. The van der Waals surface area contributed by atoms with Crippen molar-refractivity contribution in [1.82, 2.24) is 15.2 Å². The minimum atomic E-state index is -0.358. The first-order valence-electron chi connectivity index (χ1n) is 10.8. The Morgan fingerprint density at radius 1 is 1.39 bits per heavy atom. The molecule has 31 heavy (non-hydrogen) atoms. The number of pyridine rings is 1. The molecule has 0 radical (unpaired) electrons. The van der Waals surface area contributed by atoms with Gasteiger partial charge in [-0.3, -0.25) is 14.4 Å². The van der Waals surface area contributed by atoms with E-state index in [1.165, 1.54) is 0 Å². The van der Waals surface area contributed by atoms with Crippen molar-refractivity contribution in [1.29, 1.82) is 0 Å². The second-order valence-electron chi connectivity index (χ2n) is 8.63. The molecule has 9 nitrogen and oxygen atoms in total. The van der Waals surface area contributed by atoms with Crippen LogP contribution in [0.25, 0.3) is 0 Å². The number of nitrogens with one attached hydrogen (secondary N) is 1. The molecule has 2 amide bonds. The Hall–Kier alpha value is -2.68. The van der Waals surface area contributed by atoms with Gasteiger partial charge in [0.1, 0.15) is 0 Å². The predicted molar refractivity (Wildman–Crippen MR) is 109 cm³/mol. The third-order valence-electron chi connectivity index (χ3n) is 6.35. The molecule has 3 aliphatic rings. The molecule has 3 atom stereocenters. The van der Waals surface area contributed by atoms with Crippen LogP contribution in [0.4, 0.5) is 0 Å². The number of aryl methyl sites for hydroxylation is 1. The summed E-state index contributed by atoms with van der Waals surface area (Å²) >= 11 is 0. The molecular weight excluding hydrogens is 402 g/mol.